The Kier molecular flexibility index (Phi) is 12.9. The minimum absolute atomic E-state index is 0. The number of pyridine rings is 3. The molecular weight excluding hydrogens is 1060 g/mol. The van der Waals surface area contributed by atoms with Gasteiger partial charge < -0.3 is 29.2 Å². The summed E-state index contributed by atoms with van der Waals surface area (Å²) in [5, 5.41) is 0. The number of alkyl halides is 11. The largest absolute Gasteiger partial charge is 3.00 e. The molecule has 3 aliphatic heterocycles. The van der Waals surface area contributed by atoms with Crippen molar-refractivity contribution >= 4 is 0 Å². The van der Waals surface area contributed by atoms with Gasteiger partial charge in [0.15, 0.2) is 0 Å². The maximum Gasteiger partial charge on any atom is 3.00 e. The van der Waals surface area contributed by atoms with Gasteiger partial charge in [0.2, 0.25) is 5.85 Å². The van der Waals surface area contributed by atoms with Gasteiger partial charge >= 0.3 is 51.2 Å². The second-order valence-electron chi connectivity index (χ2n) is 14.0. The summed E-state index contributed by atoms with van der Waals surface area (Å²) in [6, 6.07) is 24.7. The molecule has 3 aromatic carbocycles. The van der Waals surface area contributed by atoms with Gasteiger partial charge in [0, 0.05) is 29.7 Å². The molecule has 21 heteroatoms. The van der Waals surface area contributed by atoms with Crippen molar-refractivity contribution in [2.75, 3.05) is 0 Å². The summed E-state index contributed by atoms with van der Waals surface area (Å²) in [6.45, 7) is 6.42. The number of nitrogens with zero attached hydrogens (tertiary/aromatic N) is 3. The summed E-state index contributed by atoms with van der Waals surface area (Å²) in [5.41, 5.74) is 3.30. The van der Waals surface area contributed by atoms with Gasteiger partial charge in [-0.15, -0.1) is 97.6 Å². The molecule has 0 saturated heterocycles. The average molecular weight is 1080 g/mol. The van der Waals surface area contributed by atoms with Crippen LogP contribution in [0.2, 0.25) is 0 Å². The number of rotatable bonds is 3. The minimum Gasteiger partial charge on any atom is -0.457 e. The Bertz CT molecular complexity index is 2400. The van der Waals surface area contributed by atoms with E-state index in [1.54, 1.807) is 36.5 Å². The Hall–Kier alpha value is -5.73. The second kappa shape index (κ2) is 17.3. The summed E-state index contributed by atoms with van der Waals surface area (Å²) in [5.74, 6) is -4.31. The zero-order chi connectivity index (χ0) is 45.8. The molecule has 0 radical (unpaired) electrons. The first kappa shape index (κ1) is 47.7. The third-order valence-corrected chi connectivity index (χ3v) is 8.91. The first-order valence-electron chi connectivity index (χ1n) is 18.0. The fourth-order valence-corrected chi connectivity index (χ4v) is 6.12. The van der Waals surface area contributed by atoms with Gasteiger partial charge in [0.25, 0.3) is 0 Å². The summed E-state index contributed by atoms with van der Waals surface area (Å²) >= 11 is 0. The van der Waals surface area contributed by atoms with E-state index in [0.717, 1.165) is 47.9 Å². The van der Waals surface area contributed by atoms with Gasteiger partial charge in [-0.2, -0.15) is 17.6 Å². The van der Waals surface area contributed by atoms with E-state index in [0.29, 0.717) is 22.6 Å². The van der Waals surface area contributed by atoms with Crippen LogP contribution in [0.25, 0.3) is 33.8 Å². The third kappa shape index (κ3) is 10.8. The zero-order valence-corrected chi connectivity index (χ0v) is 35.3. The number of hydrogen-bond acceptors (Lipinski definition) is 9. The van der Waals surface area contributed by atoms with E-state index < -0.39 is 59.6 Å². The van der Waals surface area contributed by atoms with Crippen LogP contribution in [0.4, 0.5) is 48.3 Å². The SMILES string of the molecule is Cc1ccnc(-c2[c-]cc3c(c2)C(C)(F)OC(F)(F)O3)c1.Cc1ccnc(-c2[c-]cc3c(c2)C(F)(F)OC(F)(F)O3)c1.Cc1ccnc(-c2[c-]cc3c(c2)C(F)(F)OC(F)(F)O3)c1.[Ir+3]. The molecule has 3 aromatic heterocycles. The number of ether oxygens (including phenoxy) is 6. The van der Waals surface area contributed by atoms with Gasteiger partial charge in [-0.1, -0.05) is 34.9 Å². The molecule has 1 atom stereocenters. The third-order valence-electron chi connectivity index (χ3n) is 8.91. The van der Waals surface area contributed by atoms with E-state index in [4.69, 9.17) is 0 Å². The zero-order valence-electron chi connectivity index (χ0n) is 32.9. The molecule has 3 aliphatic rings. The van der Waals surface area contributed by atoms with Crippen LogP contribution in [0.3, 0.4) is 0 Å². The molecule has 9 rings (SSSR count). The molecule has 336 valence electrons. The van der Waals surface area contributed by atoms with Crippen molar-refractivity contribution in [2.24, 2.45) is 0 Å². The average Bonchev–Trinajstić information content (AvgIpc) is 3.16. The molecule has 1 unspecified atom stereocenters. The Balaban J connectivity index is 0.000000158. The first-order valence-corrected chi connectivity index (χ1v) is 18.0. The van der Waals surface area contributed by atoms with Crippen molar-refractivity contribution in [3.05, 3.63) is 143 Å². The van der Waals surface area contributed by atoms with Crippen LogP contribution < -0.4 is 14.2 Å². The molecule has 64 heavy (non-hydrogen) atoms. The van der Waals surface area contributed by atoms with E-state index in [9.17, 15) is 48.3 Å². The Morgan fingerprint density at radius 3 is 1.06 bits per heavy atom. The summed E-state index contributed by atoms with van der Waals surface area (Å²) < 4.78 is 170. The number of aromatic nitrogens is 3. The standard InChI is InChI=1S/C15H11F3NO2.2C14H8F4NO2.Ir/c1-9-5-6-19-12(7-9)10-3-4-13-11(8-10)14(2,16)21-15(17,18)20-13;2*1-8-4-5-19-11(6-8)9-2-3-12-10(7-9)13(15,16)21-14(17,18)20-12;/h4-8H,1-2H3;2*3-7H,1H3;/q3*-1;+3. The minimum atomic E-state index is -4.38. The van der Waals surface area contributed by atoms with Crippen LogP contribution >= 0.6 is 0 Å². The number of fused-ring (bicyclic) bond motifs is 3. The van der Waals surface area contributed by atoms with Gasteiger partial charge in [0.1, 0.15) is 0 Å². The Morgan fingerprint density at radius 2 is 0.734 bits per heavy atom. The second-order valence-corrected chi connectivity index (χ2v) is 14.0. The van der Waals surface area contributed by atoms with Crippen LogP contribution in [0.1, 0.15) is 40.3 Å². The van der Waals surface area contributed by atoms with E-state index >= 15 is 0 Å². The number of hydrogen-bond donors (Lipinski definition) is 0. The van der Waals surface area contributed by atoms with Crippen molar-refractivity contribution in [1.82, 2.24) is 15.0 Å². The maximum atomic E-state index is 14.3. The van der Waals surface area contributed by atoms with Crippen molar-refractivity contribution in [3.8, 4) is 51.0 Å². The quantitative estimate of drug-likeness (QED) is 0.127. The molecule has 0 fully saturated rings. The van der Waals surface area contributed by atoms with Crippen molar-refractivity contribution in [2.45, 2.75) is 64.7 Å². The van der Waals surface area contributed by atoms with E-state index in [1.165, 1.54) is 24.5 Å². The van der Waals surface area contributed by atoms with Crippen molar-refractivity contribution in [1.29, 1.82) is 0 Å². The van der Waals surface area contributed by atoms with E-state index in [1.807, 2.05) is 26.8 Å². The first-order chi connectivity index (χ1) is 29.3. The van der Waals surface area contributed by atoms with Crippen LogP contribution in [0.15, 0.2) is 91.4 Å². The molecule has 0 amide bonds. The van der Waals surface area contributed by atoms with E-state index in [2.05, 4.69) is 61.6 Å². The molecule has 6 aromatic rings. The molecule has 0 N–H and O–H groups in total. The Morgan fingerprint density at radius 1 is 0.438 bits per heavy atom. The van der Waals surface area contributed by atoms with Crippen LogP contribution in [0, 0.1) is 39.0 Å². The molecule has 6 heterocycles. The molecule has 0 aliphatic carbocycles. The molecule has 0 bridgehead atoms. The summed E-state index contributed by atoms with van der Waals surface area (Å²) in [6.07, 6.45) is -16.5. The van der Waals surface area contributed by atoms with Crippen molar-refractivity contribution in [3.63, 3.8) is 0 Å². The normalized spacial score (nSPS) is 19.9. The van der Waals surface area contributed by atoms with Gasteiger partial charge in [-0.3, -0.25) is 0 Å². The Labute approximate surface area is 369 Å². The van der Waals surface area contributed by atoms with Crippen LogP contribution in [-0.2, 0) is 52.4 Å². The van der Waals surface area contributed by atoms with Gasteiger partial charge in [0.05, 0.1) is 17.2 Å². The topological polar surface area (TPSA) is 94.1 Å². The molecule has 0 saturated carbocycles. The maximum absolute atomic E-state index is 14.3. The van der Waals surface area contributed by atoms with E-state index in [-0.39, 0.29) is 42.5 Å². The van der Waals surface area contributed by atoms with Crippen LogP contribution in [-0.4, -0.2) is 33.8 Å². The van der Waals surface area contributed by atoms with Gasteiger partial charge in [-0.05, 0) is 68.5 Å². The fourth-order valence-electron chi connectivity index (χ4n) is 6.12. The molecular formula is C43H27F11IrN3O6. The molecule has 9 nitrogen and oxygen atoms in total. The van der Waals surface area contributed by atoms with Crippen molar-refractivity contribution < 1.29 is 96.8 Å². The summed E-state index contributed by atoms with van der Waals surface area (Å²) in [7, 11) is 0. The monoisotopic (exact) mass is 1080 g/mol. The number of halogens is 11. The number of benzene rings is 3. The number of aryl methyl sites for hydroxylation is 3. The smallest absolute Gasteiger partial charge is 0.457 e. The molecule has 0 spiro atoms. The fraction of sp³-hybridized carbons (Fsp3) is 0.233. The predicted molar refractivity (Wildman–Crippen MR) is 196 cm³/mol. The summed E-state index contributed by atoms with van der Waals surface area (Å²) in [4.78, 5) is 12.2. The van der Waals surface area contributed by atoms with Gasteiger partial charge in [-0.25, -0.2) is 18.6 Å². The predicted octanol–water partition coefficient (Wildman–Crippen LogP) is 11.7. The van der Waals surface area contributed by atoms with Crippen LogP contribution in [0.5, 0.6) is 17.2 Å².